The minimum atomic E-state index is 0.507. The highest BCUT2D eigenvalue weighted by atomic mass is 16.3. The van der Waals surface area contributed by atoms with E-state index < -0.39 is 0 Å². The van der Waals surface area contributed by atoms with Gasteiger partial charge in [0.05, 0.1) is 0 Å². The van der Waals surface area contributed by atoms with Crippen LogP contribution in [0.2, 0.25) is 0 Å². The average molecular weight is 286 g/mol. The molecule has 0 aromatic heterocycles. The molecule has 0 spiro atoms. The summed E-state index contributed by atoms with van der Waals surface area (Å²) < 4.78 is 0. The molecule has 0 amide bonds. The van der Waals surface area contributed by atoms with Crippen molar-refractivity contribution in [3.8, 4) is 5.75 Å². The summed E-state index contributed by atoms with van der Waals surface area (Å²) in [7, 11) is 0. The van der Waals surface area contributed by atoms with E-state index in [1.54, 1.807) is 0 Å². The Hall–Kier alpha value is -1.06. The summed E-state index contributed by atoms with van der Waals surface area (Å²) in [6.45, 7) is 5.06. The van der Waals surface area contributed by atoms with Crippen LogP contribution in [0.1, 0.15) is 49.3 Å². The summed E-state index contributed by atoms with van der Waals surface area (Å²) in [6, 6.07) is 7.41. The van der Waals surface area contributed by atoms with Crippen molar-refractivity contribution in [2.45, 2.75) is 50.6 Å². The smallest absolute Gasteiger partial charge is 0.119 e. The predicted molar refractivity (Wildman–Crippen MR) is 84.6 cm³/mol. The van der Waals surface area contributed by atoms with E-state index in [0.717, 1.165) is 12.5 Å². The lowest BCUT2D eigenvalue weighted by molar-refractivity contribution is 0.186. The number of hydrogen-bond acceptors (Lipinski definition) is 3. The van der Waals surface area contributed by atoms with Gasteiger partial charge in [0.2, 0.25) is 0 Å². The number of aromatic hydroxyl groups is 1. The number of benzene rings is 1. The minimum Gasteiger partial charge on any atom is -0.508 e. The van der Waals surface area contributed by atoms with Gasteiger partial charge >= 0.3 is 0 Å². The van der Waals surface area contributed by atoms with E-state index >= 15 is 0 Å². The van der Waals surface area contributed by atoms with Gasteiger partial charge in [-0.15, -0.1) is 0 Å². The second-order valence-corrected chi connectivity index (χ2v) is 6.93. The van der Waals surface area contributed by atoms with Gasteiger partial charge in [0.15, 0.2) is 0 Å². The highest BCUT2D eigenvalue weighted by molar-refractivity contribution is 5.42. The Bertz CT molecular complexity index is 510. The van der Waals surface area contributed by atoms with Crippen LogP contribution in [0.5, 0.6) is 5.75 Å². The lowest BCUT2D eigenvalue weighted by atomic mass is 9.86. The molecule has 3 nitrogen and oxygen atoms in total. The Kier molecular flexibility index (Phi) is 3.64. The van der Waals surface area contributed by atoms with Crippen LogP contribution >= 0.6 is 0 Å². The standard InChI is InChI=1S/C18H26N2O/c21-18-8-4-5-15-16(18)6-3-7-17(15)20-12-9-14(13-20)19-10-1-2-11-19/h4-5,8,14,17,21H,1-3,6-7,9-13H2. The van der Waals surface area contributed by atoms with Gasteiger partial charge in [-0.05, 0) is 68.8 Å². The molecular weight excluding hydrogens is 260 g/mol. The first-order valence-corrected chi connectivity index (χ1v) is 8.62. The third-order valence-corrected chi connectivity index (χ3v) is 5.74. The fraction of sp³-hybridized carbons (Fsp3) is 0.667. The van der Waals surface area contributed by atoms with E-state index in [0.29, 0.717) is 11.8 Å². The molecule has 2 heterocycles. The Labute approximate surface area is 127 Å². The molecule has 2 fully saturated rings. The maximum absolute atomic E-state index is 10.1. The summed E-state index contributed by atoms with van der Waals surface area (Å²) in [5.74, 6) is 0.507. The van der Waals surface area contributed by atoms with Gasteiger partial charge < -0.3 is 5.11 Å². The van der Waals surface area contributed by atoms with E-state index in [1.807, 2.05) is 12.1 Å². The summed E-state index contributed by atoms with van der Waals surface area (Å²) in [5, 5.41) is 10.1. The van der Waals surface area contributed by atoms with Crippen LogP contribution in [0.3, 0.4) is 0 Å². The molecule has 2 atom stereocenters. The molecule has 2 saturated heterocycles. The molecule has 4 rings (SSSR count). The summed E-state index contributed by atoms with van der Waals surface area (Å²) in [6.07, 6.45) is 7.60. The molecule has 0 saturated carbocycles. The molecule has 3 aliphatic rings. The van der Waals surface area contributed by atoms with E-state index in [1.165, 1.54) is 69.4 Å². The van der Waals surface area contributed by atoms with Gasteiger partial charge in [0, 0.05) is 25.2 Å². The van der Waals surface area contributed by atoms with E-state index in [-0.39, 0.29) is 0 Å². The number of nitrogens with zero attached hydrogens (tertiary/aromatic N) is 2. The van der Waals surface area contributed by atoms with Gasteiger partial charge in [-0.1, -0.05) is 12.1 Å². The number of phenolic OH excluding ortho intramolecular Hbond substituents is 1. The minimum absolute atomic E-state index is 0.507. The molecule has 0 radical (unpaired) electrons. The van der Waals surface area contributed by atoms with Gasteiger partial charge in [0.1, 0.15) is 5.75 Å². The van der Waals surface area contributed by atoms with Crippen molar-refractivity contribution >= 4 is 0 Å². The predicted octanol–water partition coefficient (Wildman–Crippen LogP) is 2.94. The molecule has 21 heavy (non-hydrogen) atoms. The summed E-state index contributed by atoms with van der Waals surface area (Å²) in [4.78, 5) is 5.38. The lowest BCUT2D eigenvalue weighted by Crippen LogP contribution is -2.37. The Morgan fingerprint density at radius 2 is 1.81 bits per heavy atom. The Morgan fingerprint density at radius 1 is 0.952 bits per heavy atom. The molecule has 2 unspecified atom stereocenters. The molecule has 1 aliphatic carbocycles. The van der Waals surface area contributed by atoms with Crippen molar-refractivity contribution in [1.29, 1.82) is 0 Å². The number of rotatable bonds is 2. The molecular formula is C18H26N2O. The van der Waals surface area contributed by atoms with Crippen molar-refractivity contribution < 1.29 is 5.11 Å². The van der Waals surface area contributed by atoms with Gasteiger partial charge in [-0.25, -0.2) is 0 Å². The van der Waals surface area contributed by atoms with Crippen LogP contribution in [0.4, 0.5) is 0 Å². The van der Waals surface area contributed by atoms with Crippen LogP contribution < -0.4 is 0 Å². The van der Waals surface area contributed by atoms with Crippen LogP contribution in [0.25, 0.3) is 0 Å². The van der Waals surface area contributed by atoms with Crippen molar-refractivity contribution in [1.82, 2.24) is 9.80 Å². The number of likely N-dealkylation sites (tertiary alicyclic amines) is 2. The van der Waals surface area contributed by atoms with Crippen molar-refractivity contribution in [3.63, 3.8) is 0 Å². The molecule has 1 aromatic rings. The summed E-state index contributed by atoms with van der Waals surface area (Å²) >= 11 is 0. The first kappa shape index (κ1) is 13.6. The third kappa shape index (κ3) is 2.47. The van der Waals surface area contributed by atoms with E-state index in [9.17, 15) is 5.11 Å². The molecule has 0 bridgehead atoms. The molecule has 3 heteroatoms. The SMILES string of the molecule is Oc1cccc2c1CCCC2N1CCC(N2CCCC2)C1. The molecule has 2 aliphatic heterocycles. The second kappa shape index (κ2) is 5.62. The highest BCUT2D eigenvalue weighted by Crippen LogP contribution is 2.39. The zero-order valence-corrected chi connectivity index (χ0v) is 12.8. The molecule has 114 valence electrons. The topological polar surface area (TPSA) is 26.7 Å². The van der Waals surface area contributed by atoms with Gasteiger partial charge in [-0.2, -0.15) is 0 Å². The fourth-order valence-electron chi connectivity index (χ4n) is 4.64. The van der Waals surface area contributed by atoms with Crippen LogP contribution in [0, 0.1) is 0 Å². The van der Waals surface area contributed by atoms with E-state index in [4.69, 9.17) is 0 Å². The molecule has 1 aromatic carbocycles. The Morgan fingerprint density at radius 3 is 2.67 bits per heavy atom. The number of fused-ring (bicyclic) bond motifs is 1. The van der Waals surface area contributed by atoms with Gasteiger partial charge in [-0.3, -0.25) is 9.80 Å². The third-order valence-electron chi connectivity index (χ3n) is 5.74. The zero-order chi connectivity index (χ0) is 14.2. The fourth-order valence-corrected chi connectivity index (χ4v) is 4.64. The normalized spacial score (nSPS) is 30.7. The largest absolute Gasteiger partial charge is 0.508 e. The van der Waals surface area contributed by atoms with Crippen LogP contribution in [-0.4, -0.2) is 47.1 Å². The number of hydrogen-bond donors (Lipinski definition) is 1. The molecule has 1 N–H and O–H groups in total. The van der Waals surface area contributed by atoms with E-state index in [2.05, 4.69) is 15.9 Å². The van der Waals surface area contributed by atoms with Crippen LogP contribution in [0.15, 0.2) is 18.2 Å². The maximum atomic E-state index is 10.1. The number of phenols is 1. The van der Waals surface area contributed by atoms with Gasteiger partial charge in [0.25, 0.3) is 0 Å². The highest BCUT2D eigenvalue weighted by Gasteiger charge is 2.35. The Balaban J connectivity index is 1.52. The van der Waals surface area contributed by atoms with Crippen molar-refractivity contribution in [2.75, 3.05) is 26.2 Å². The first-order chi connectivity index (χ1) is 10.3. The summed E-state index contributed by atoms with van der Waals surface area (Å²) in [5.41, 5.74) is 2.60. The lowest BCUT2D eigenvalue weighted by Gasteiger charge is -2.34. The van der Waals surface area contributed by atoms with Crippen molar-refractivity contribution in [3.05, 3.63) is 29.3 Å². The second-order valence-electron chi connectivity index (χ2n) is 6.93. The first-order valence-electron chi connectivity index (χ1n) is 8.62. The zero-order valence-electron chi connectivity index (χ0n) is 12.8. The monoisotopic (exact) mass is 286 g/mol. The maximum Gasteiger partial charge on any atom is 0.119 e. The average Bonchev–Trinajstić information content (AvgIpc) is 3.18. The van der Waals surface area contributed by atoms with Crippen molar-refractivity contribution in [2.24, 2.45) is 0 Å². The quantitative estimate of drug-likeness (QED) is 0.905. The van der Waals surface area contributed by atoms with Crippen LogP contribution in [-0.2, 0) is 6.42 Å².